The summed E-state index contributed by atoms with van der Waals surface area (Å²) in [4.78, 5) is 29.7. The molecule has 2 N–H and O–H groups in total. The van der Waals surface area contributed by atoms with Crippen LogP contribution in [0.4, 0.5) is 10.8 Å². The van der Waals surface area contributed by atoms with Crippen molar-refractivity contribution in [3.05, 3.63) is 58.4 Å². The molecule has 140 valence electrons. The van der Waals surface area contributed by atoms with Crippen LogP contribution in [0.3, 0.4) is 0 Å². The molecule has 3 rings (SSSR count). The normalized spacial score (nSPS) is 10.8. The molecule has 2 heterocycles. The molecule has 27 heavy (non-hydrogen) atoms. The molecule has 0 saturated carbocycles. The molecular weight excluding hydrogens is 364 g/mol. The number of nitrogens with one attached hydrogen (secondary N) is 2. The molecular formula is C19H20N4O3S. The van der Waals surface area contributed by atoms with Crippen LogP contribution in [0.1, 0.15) is 46.3 Å². The monoisotopic (exact) mass is 384 g/mol. The Kier molecular flexibility index (Phi) is 5.66. The highest BCUT2D eigenvalue weighted by atomic mass is 32.1. The first-order valence-corrected chi connectivity index (χ1v) is 9.31. The van der Waals surface area contributed by atoms with Crippen molar-refractivity contribution >= 4 is 34.0 Å². The van der Waals surface area contributed by atoms with Gasteiger partial charge in [-0.25, -0.2) is 4.98 Å². The van der Waals surface area contributed by atoms with Gasteiger partial charge in [-0.15, -0.1) is 11.3 Å². The number of benzene rings is 1. The summed E-state index contributed by atoms with van der Waals surface area (Å²) in [6.45, 7) is 5.85. The maximum Gasteiger partial charge on any atom is 0.260 e. The van der Waals surface area contributed by atoms with Gasteiger partial charge in [-0.05, 0) is 30.5 Å². The predicted octanol–water partition coefficient (Wildman–Crippen LogP) is 4.00. The third-order valence-corrected chi connectivity index (χ3v) is 5.12. The fourth-order valence-corrected chi connectivity index (χ4v) is 3.22. The summed E-state index contributed by atoms with van der Waals surface area (Å²) in [7, 11) is 0. The molecule has 0 aliphatic rings. The van der Waals surface area contributed by atoms with Gasteiger partial charge in [-0.2, -0.15) is 0 Å². The lowest BCUT2D eigenvalue weighted by Crippen LogP contribution is -2.14. The SMILES string of the molecule is Cc1oncc1C(=O)Nc1ccc(CC(=O)Nc2ncc(C(C)C)s2)cc1. The minimum atomic E-state index is -0.288. The Hall–Kier alpha value is -3.00. The summed E-state index contributed by atoms with van der Waals surface area (Å²) in [5, 5.41) is 9.79. The lowest BCUT2D eigenvalue weighted by molar-refractivity contribution is -0.115. The molecule has 7 nitrogen and oxygen atoms in total. The van der Waals surface area contributed by atoms with Crippen molar-refractivity contribution in [2.45, 2.75) is 33.1 Å². The molecule has 0 radical (unpaired) electrons. The number of carbonyl (C=O) groups is 2. The van der Waals surface area contributed by atoms with Gasteiger partial charge in [0.25, 0.3) is 5.91 Å². The standard InChI is InChI=1S/C19H20N4O3S/c1-11(2)16-10-20-19(27-16)23-17(24)8-13-4-6-14(7-5-13)22-18(25)15-9-21-26-12(15)3/h4-7,9-11H,8H2,1-3H3,(H,22,25)(H,20,23,24). The van der Waals surface area contributed by atoms with Gasteiger partial charge >= 0.3 is 0 Å². The van der Waals surface area contributed by atoms with E-state index in [0.29, 0.717) is 28.1 Å². The predicted molar refractivity (Wildman–Crippen MR) is 104 cm³/mol. The smallest absolute Gasteiger partial charge is 0.260 e. The van der Waals surface area contributed by atoms with Crippen molar-refractivity contribution in [1.82, 2.24) is 10.1 Å². The minimum Gasteiger partial charge on any atom is -0.361 e. The lowest BCUT2D eigenvalue weighted by Gasteiger charge is -2.06. The van der Waals surface area contributed by atoms with E-state index in [1.165, 1.54) is 17.5 Å². The second-order valence-corrected chi connectivity index (χ2v) is 7.46. The molecule has 0 fully saturated rings. The number of aromatic nitrogens is 2. The number of anilines is 2. The Morgan fingerprint density at radius 2 is 1.89 bits per heavy atom. The van der Waals surface area contributed by atoms with Crippen molar-refractivity contribution in [2.24, 2.45) is 0 Å². The molecule has 2 aromatic heterocycles. The summed E-state index contributed by atoms with van der Waals surface area (Å²) >= 11 is 1.49. The van der Waals surface area contributed by atoms with Gasteiger partial charge < -0.3 is 15.2 Å². The first-order valence-electron chi connectivity index (χ1n) is 8.49. The van der Waals surface area contributed by atoms with Crippen molar-refractivity contribution in [1.29, 1.82) is 0 Å². The van der Waals surface area contributed by atoms with E-state index in [2.05, 4.69) is 34.6 Å². The lowest BCUT2D eigenvalue weighted by atomic mass is 10.1. The van der Waals surface area contributed by atoms with E-state index in [4.69, 9.17) is 4.52 Å². The van der Waals surface area contributed by atoms with E-state index >= 15 is 0 Å². The third-order valence-electron chi connectivity index (χ3n) is 3.91. The maximum absolute atomic E-state index is 12.2. The van der Waals surface area contributed by atoms with E-state index in [0.717, 1.165) is 10.4 Å². The zero-order chi connectivity index (χ0) is 19.4. The Balaban J connectivity index is 1.56. The number of rotatable bonds is 6. The van der Waals surface area contributed by atoms with Crippen LogP contribution in [0.25, 0.3) is 0 Å². The van der Waals surface area contributed by atoms with Crippen molar-refractivity contribution in [3.8, 4) is 0 Å². The van der Waals surface area contributed by atoms with Crippen LogP contribution >= 0.6 is 11.3 Å². The van der Waals surface area contributed by atoms with Crippen LogP contribution in [0.5, 0.6) is 0 Å². The Bertz CT molecular complexity index is 944. The van der Waals surface area contributed by atoms with E-state index in [-0.39, 0.29) is 18.2 Å². The number of aryl methyl sites for hydroxylation is 1. The van der Waals surface area contributed by atoms with Gasteiger partial charge in [0.1, 0.15) is 11.3 Å². The number of hydrogen-bond acceptors (Lipinski definition) is 6. The molecule has 8 heteroatoms. The summed E-state index contributed by atoms with van der Waals surface area (Å²) in [5.74, 6) is 0.432. The van der Waals surface area contributed by atoms with Gasteiger partial charge in [0.05, 0.1) is 12.6 Å². The average molecular weight is 384 g/mol. The van der Waals surface area contributed by atoms with Crippen molar-refractivity contribution in [2.75, 3.05) is 10.6 Å². The zero-order valence-corrected chi connectivity index (χ0v) is 16.1. The average Bonchev–Trinajstić information content (AvgIpc) is 3.25. The second kappa shape index (κ2) is 8.13. The van der Waals surface area contributed by atoms with E-state index < -0.39 is 0 Å². The number of carbonyl (C=O) groups excluding carboxylic acids is 2. The van der Waals surface area contributed by atoms with Gasteiger partial charge in [0, 0.05) is 16.8 Å². The van der Waals surface area contributed by atoms with E-state index in [9.17, 15) is 9.59 Å². The summed E-state index contributed by atoms with van der Waals surface area (Å²) < 4.78 is 4.89. The second-order valence-electron chi connectivity index (χ2n) is 6.39. The fraction of sp³-hybridized carbons (Fsp3) is 0.263. The fourth-order valence-electron chi connectivity index (χ4n) is 2.38. The van der Waals surface area contributed by atoms with Crippen molar-refractivity contribution in [3.63, 3.8) is 0 Å². The van der Waals surface area contributed by atoms with Gasteiger partial charge in [0.15, 0.2) is 5.13 Å². The number of hydrogen-bond donors (Lipinski definition) is 2. The molecule has 0 unspecified atom stereocenters. The van der Waals surface area contributed by atoms with Crippen LogP contribution in [0, 0.1) is 6.92 Å². The van der Waals surface area contributed by atoms with Gasteiger partial charge in [-0.3, -0.25) is 9.59 Å². The Labute approximate surface area is 160 Å². The maximum atomic E-state index is 12.2. The Morgan fingerprint density at radius 1 is 1.15 bits per heavy atom. The summed E-state index contributed by atoms with van der Waals surface area (Å²) in [6, 6.07) is 7.11. The molecule has 0 atom stereocenters. The molecule has 1 aromatic carbocycles. The van der Waals surface area contributed by atoms with Crippen LogP contribution in [-0.2, 0) is 11.2 Å². The number of amides is 2. The van der Waals surface area contributed by atoms with E-state index in [1.807, 2.05) is 0 Å². The van der Waals surface area contributed by atoms with Crippen molar-refractivity contribution < 1.29 is 14.1 Å². The molecule has 0 aliphatic heterocycles. The van der Waals surface area contributed by atoms with Crippen LogP contribution in [-0.4, -0.2) is 22.0 Å². The quantitative estimate of drug-likeness (QED) is 0.669. The highest BCUT2D eigenvalue weighted by Crippen LogP contribution is 2.25. The minimum absolute atomic E-state index is 0.128. The highest BCUT2D eigenvalue weighted by Gasteiger charge is 2.13. The molecule has 0 bridgehead atoms. The zero-order valence-electron chi connectivity index (χ0n) is 15.3. The Morgan fingerprint density at radius 3 is 2.48 bits per heavy atom. The number of thiazole rings is 1. The van der Waals surface area contributed by atoms with Gasteiger partial charge in [0.2, 0.25) is 5.91 Å². The molecule has 0 saturated heterocycles. The highest BCUT2D eigenvalue weighted by molar-refractivity contribution is 7.15. The summed E-state index contributed by atoms with van der Waals surface area (Å²) in [5.41, 5.74) is 1.86. The molecule has 3 aromatic rings. The molecule has 0 aliphatic carbocycles. The van der Waals surface area contributed by atoms with Crippen LogP contribution in [0.15, 0.2) is 41.2 Å². The first kappa shape index (κ1) is 18.8. The topological polar surface area (TPSA) is 97.1 Å². The van der Waals surface area contributed by atoms with Crippen LogP contribution < -0.4 is 10.6 Å². The molecule has 2 amide bonds. The van der Waals surface area contributed by atoms with Crippen LogP contribution in [0.2, 0.25) is 0 Å². The third kappa shape index (κ3) is 4.79. The largest absolute Gasteiger partial charge is 0.361 e. The van der Waals surface area contributed by atoms with E-state index in [1.54, 1.807) is 37.4 Å². The summed E-state index contributed by atoms with van der Waals surface area (Å²) in [6.07, 6.45) is 3.40. The molecule has 0 spiro atoms. The van der Waals surface area contributed by atoms with Gasteiger partial charge in [-0.1, -0.05) is 31.1 Å². The first-order chi connectivity index (χ1) is 12.9. The number of nitrogens with zero attached hydrogens (tertiary/aromatic N) is 2.